The number of rotatable bonds is 2. The molecule has 1 aromatic rings. The second kappa shape index (κ2) is 4.74. The Labute approximate surface area is 98.8 Å². The number of hydrogen-bond donors (Lipinski definition) is 0. The summed E-state index contributed by atoms with van der Waals surface area (Å²) in [5.74, 6) is -0.0736. The van der Waals surface area contributed by atoms with Crippen LogP contribution in [0.2, 0.25) is 0 Å². The molecule has 0 amide bonds. The van der Waals surface area contributed by atoms with E-state index in [0.717, 1.165) is 6.92 Å². The van der Waals surface area contributed by atoms with Crippen molar-refractivity contribution in [2.75, 3.05) is 0 Å². The third-order valence-corrected chi connectivity index (χ3v) is 2.32. The van der Waals surface area contributed by atoms with Gasteiger partial charge in [-0.15, -0.1) is 0 Å². The maximum absolute atomic E-state index is 12.2. The van der Waals surface area contributed by atoms with Crippen LogP contribution in [0, 0.1) is 11.3 Å². The Morgan fingerprint density at radius 2 is 2.06 bits per heavy atom. The van der Waals surface area contributed by atoms with Crippen LogP contribution in [0.5, 0.6) is 5.75 Å². The summed E-state index contributed by atoms with van der Waals surface area (Å²) in [6.07, 6.45) is -6.39. The fraction of sp³-hybridized carbons (Fsp3) is 0.300. The van der Waals surface area contributed by atoms with E-state index in [2.05, 4.69) is 20.7 Å². The van der Waals surface area contributed by atoms with Crippen molar-refractivity contribution in [3.63, 3.8) is 0 Å². The molecule has 1 atom stereocenters. The average Bonchev–Trinajstić information content (AvgIpc) is 2.19. The van der Waals surface area contributed by atoms with Gasteiger partial charge in [0.05, 0.1) is 5.56 Å². The number of nitriles is 1. The van der Waals surface area contributed by atoms with E-state index >= 15 is 0 Å². The lowest BCUT2D eigenvalue weighted by Gasteiger charge is -2.18. The molecule has 1 aromatic carbocycles. The minimum Gasteiger partial charge on any atom is -0.480 e. The number of nitrogens with zero attached hydrogens (tertiary/aromatic N) is 1. The predicted octanol–water partition coefficient (Wildman–Crippen LogP) is 3.65. The lowest BCUT2D eigenvalue weighted by atomic mass is 10.2. The maximum atomic E-state index is 12.2. The summed E-state index contributed by atoms with van der Waals surface area (Å²) in [7, 11) is 0. The molecule has 0 aliphatic rings. The number of alkyl halides is 3. The van der Waals surface area contributed by atoms with Crippen LogP contribution in [0.25, 0.3) is 0 Å². The zero-order valence-corrected chi connectivity index (χ0v) is 9.76. The van der Waals surface area contributed by atoms with Gasteiger partial charge in [0.2, 0.25) is 0 Å². The number of halogens is 4. The van der Waals surface area contributed by atoms with Crippen molar-refractivity contribution in [3.8, 4) is 11.8 Å². The summed E-state index contributed by atoms with van der Waals surface area (Å²) in [6, 6.07) is 6.01. The first-order chi connectivity index (χ1) is 7.34. The summed E-state index contributed by atoms with van der Waals surface area (Å²) in [4.78, 5) is 0. The van der Waals surface area contributed by atoms with Crippen LogP contribution < -0.4 is 4.74 Å². The molecule has 1 rings (SSSR count). The largest absolute Gasteiger partial charge is 0.480 e. The molecule has 0 aromatic heterocycles. The molecule has 0 aliphatic heterocycles. The van der Waals surface area contributed by atoms with E-state index in [1.165, 1.54) is 18.2 Å². The van der Waals surface area contributed by atoms with E-state index in [1.807, 2.05) is 0 Å². The third-order valence-electron chi connectivity index (χ3n) is 1.83. The summed E-state index contributed by atoms with van der Waals surface area (Å²) in [6.45, 7) is 0.892. The molecule has 0 saturated carbocycles. The van der Waals surface area contributed by atoms with E-state index in [4.69, 9.17) is 5.26 Å². The van der Waals surface area contributed by atoms with Gasteiger partial charge < -0.3 is 4.74 Å². The lowest BCUT2D eigenvalue weighted by molar-refractivity contribution is -0.189. The van der Waals surface area contributed by atoms with Gasteiger partial charge in [-0.2, -0.15) is 18.4 Å². The molecule has 2 nitrogen and oxygen atoms in total. The fourth-order valence-corrected chi connectivity index (χ4v) is 1.31. The monoisotopic (exact) mass is 293 g/mol. The summed E-state index contributed by atoms with van der Waals surface area (Å²) in [5, 5.41) is 8.73. The van der Waals surface area contributed by atoms with Gasteiger partial charge in [-0.25, -0.2) is 0 Å². The van der Waals surface area contributed by atoms with Crippen LogP contribution in [0.3, 0.4) is 0 Å². The van der Waals surface area contributed by atoms with Crippen molar-refractivity contribution in [1.82, 2.24) is 0 Å². The quantitative estimate of drug-likeness (QED) is 0.834. The molecular formula is C10H7BrF3NO. The first-order valence-electron chi connectivity index (χ1n) is 4.27. The highest BCUT2D eigenvalue weighted by Gasteiger charge is 2.38. The van der Waals surface area contributed by atoms with Gasteiger partial charge in [-0.05, 0) is 25.1 Å². The second-order valence-corrected chi connectivity index (χ2v) is 3.97. The Hall–Kier alpha value is -1.22. The smallest absolute Gasteiger partial charge is 0.425 e. The molecule has 1 unspecified atom stereocenters. The molecule has 0 radical (unpaired) electrons. The van der Waals surface area contributed by atoms with Crippen LogP contribution in [0.1, 0.15) is 12.5 Å². The van der Waals surface area contributed by atoms with E-state index in [-0.39, 0.29) is 11.3 Å². The van der Waals surface area contributed by atoms with Crippen LogP contribution in [-0.2, 0) is 0 Å². The molecule has 0 fully saturated rings. The van der Waals surface area contributed by atoms with Crippen molar-refractivity contribution < 1.29 is 17.9 Å². The van der Waals surface area contributed by atoms with Crippen LogP contribution in [0.4, 0.5) is 13.2 Å². The van der Waals surface area contributed by atoms with Gasteiger partial charge in [-0.1, -0.05) is 15.9 Å². The summed E-state index contributed by atoms with van der Waals surface area (Å²) in [5.41, 5.74) is 0.0606. The van der Waals surface area contributed by atoms with Crippen LogP contribution >= 0.6 is 15.9 Å². The van der Waals surface area contributed by atoms with Gasteiger partial charge in [-0.3, -0.25) is 0 Å². The van der Waals surface area contributed by atoms with Gasteiger partial charge in [0.15, 0.2) is 6.10 Å². The minimum absolute atomic E-state index is 0.0606. The normalized spacial score (nSPS) is 13.0. The minimum atomic E-state index is -4.44. The average molecular weight is 294 g/mol. The summed E-state index contributed by atoms with van der Waals surface area (Å²) < 4.78 is 42.0. The highest BCUT2D eigenvalue weighted by Crippen LogP contribution is 2.28. The lowest BCUT2D eigenvalue weighted by Crippen LogP contribution is -2.31. The molecule has 16 heavy (non-hydrogen) atoms. The topological polar surface area (TPSA) is 33.0 Å². The number of ether oxygens (including phenoxy) is 1. The summed E-state index contributed by atoms with van der Waals surface area (Å²) >= 11 is 3.11. The van der Waals surface area contributed by atoms with E-state index in [0.29, 0.717) is 4.47 Å². The third kappa shape index (κ3) is 3.14. The molecule has 0 N–H and O–H groups in total. The number of benzene rings is 1. The molecule has 0 spiro atoms. The molecule has 0 aliphatic carbocycles. The van der Waals surface area contributed by atoms with E-state index < -0.39 is 12.3 Å². The Morgan fingerprint density at radius 3 is 2.56 bits per heavy atom. The second-order valence-electron chi connectivity index (χ2n) is 3.05. The van der Waals surface area contributed by atoms with Crippen molar-refractivity contribution >= 4 is 15.9 Å². The zero-order chi connectivity index (χ0) is 12.3. The van der Waals surface area contributed by atoms with Gasteiger partial charge in [0, 0.05) is 4.47 Å². The Kier molecular flexibility index (Phi) is 3.81. The van der Waals surface area contributed by atoms with E-state index in [9.17, 15) is 13.2 Å². The van der Waals surface area contributed by atoms with Crippen LogP contribution in [0.15, 0.2) is 22.7 Å². The molecule has 86 valence electrons. The molecule has 0 bridgehead atoms. The van der Waals surface area contributed by atoms with Gasteiger partial charge in [0.25, 0.3) is 0 Å². The van der Waals surface area contributed by atoms with Crippen molar-refractivity contribution in [2.24, 2.45) is 0 Å². The first-order valence-corrected chi connectivity index (χ1v) is 5.07. The van der Waals surface area contributed by atoms with Crippen molar-refractivity contribution in [1.29, 1.82) is 5.26 Å². The first kappa shape index (κ1) is 12.8. The van der Waals surface area contributed by atoms with Gasteiger partial charge >= 0.3 is 6.18 Å². The SMILES string of the molecule is CC(Oc1ccc(Br)cc1C#N)C(F)(F)F. The molecular weight excluding hydrogens is 287 g/mol. The number of hydrogen-bond acceptors (Lipinski definition) is 2. The molecule has 0 heterocycles. The van der Waals surface area contributed by atoms with Crippen molar-refractivity contribution in [3.05, 3.63) is 28.2 Å². The Morgan fingerprint density at radius 1 is 1.44 bits per heavy atom. The van der Waals surface area contributed by atoms with E-state index in [1.54, 1.807) is 6.07 Å². The standard InChI is InChI=1S/C10H7BrF3NO/c1-6(10(12,13)14)16-9-3-2-8(11)4-7(9)5-15/h2-4,6H,1H3. The zero-order valence-electron chi connectivity index (χ0n) is 8.18. The van der Waals surface area contributed by atoms with Gasteiger partial charge in [0.1, 0.15) is 11.8 Å². The van der Waals surface area contributed by atoms with Crippen LogP contribution in [-0.4, -0.2) is 12.3 Å². The predicted molar refractivity (Wildman–Crippen MR) is 55.0 cm³/mol. The highest BCUT2D eigenvalue weighted by molar-refractivity contribution is 9.10. The Balaban J connectivity index is 2.95. The molecule has 6 heteroatoms. The van der Waals surface area contributed by atoms with Crippen molar-refractivity contribution in [2.45, 2.75) is 19.2 Å². The Bertz CT molecular complexity index is 425. The molecule has 0 saturated heterocycles. The highest BCUT2D eigenvalue weighted by atomic mass is 79.9. The maximum Gasteiger partial charge on any atom is 0.425 e. The fourth-order valence-electron chi connectivity index (χ4n) is 0.950.